The van der Waals surface area contributed by atoms with Gasteiger partial charge in [0.05, 0.1) is 21.3 Å². The Labute approximate surface area is 367 Å². The summed E-state index contributed by atoms with van der Waals surface area (Å²) in [6.45, 7) is 8.24. The SMILES string of the molecule is COc1cc(/C=C/C(=O)Nc2ccc(C)cc2)cc(O)c1OCC=C(C)C.COc1cc(/C=C/C(=O)Nc2ccc(C)cc2)cc(OC)c1O.II.[B].[H-].[Na+]. The van der Waals surface area contributed by atoms with E-state index in [4.69, 9.17) is 18.9 Å². The minimum absolute atomic E-state index is 0. The van der Waals surface area contributed by atoms with Crippen LogP contribution in [0.15, 0.2) is 96.6 Å². The van der Waals surface area contributed by atoms with Crippen LogP contribution < -0.4 is 59.1 Å². The zero-order chi connectivity index (χ0) is 38.6. The number of hydrogen-bond donors (Lipinski definition) is 4. The van der Waals surface area contributed by atoms with Crippen LogP contribution in [-0.2, 0) is 9.59 Å². The van der Waals surface area contributed by atoms with Crippen molar-refractivity contribution in [2.45, 2.75) is 27.7 Å². The molecular formula is C40H45BI2N2NaO8. The fraction of sp³-hybridized carbons (Fsp3) is 0.200. The van der Waals surface area contributed by atoms with E-state index in [0.29, 0.717) is 23.5 Å². The third-order valence-corrected chi connectivity index (χ3v) is 6.99. The normalized spacial score (nSPS) is 9.87. The molecule has 0 bridgehead atoms. The maximum atomic E-state index is 12.1. The molecule has 0 heterocycles. The Kier molecular flexibility index (Phi) is 25.2. The summed E-state index contributed by atoms with van der Waals surface area (Å²) < 4.78 is 21.0. The Hall–Kier alpha value is -3.64. The maximum absolute atomic E-state index is 12.1. The third kappa shape index (κ3) is 17.7. The Balaban J connectivity index is 0. The van der Waals surface area contributed by atoms with E-state index in [-0.39, 0.29) is 80.0 Å². The molecule has 0 saturated carbocycles. The number of nitrogens with one attached hydrogen (secondary N) is 2. The van der Waals surface area contributed by atoms with Gasteiger partial charge in [0.2, 0.25) is 23.3 Å². The number of hydrogen-bond acceptors (Lipinski definition) is 8. The third-order valence-electron chi connectivity index (χ3n) is 6.99. The summed E-state index contributed by atoms with van der Waals surface area (Å²) in [6.07, 6.45) is 7.94. The zero-order valence-electron chi connectivity index (χ0n) is 32.7. The van der Waals surface area contributed by atoms with Crippen molar-refractivity contribution in [1.82, 2.24) is 0 Å². The van der Waals surface area contributed by atoms with Gasteiger partial charge in [0.1, 0.15) is 6.61 Å². The van der Waals surface area contributed by atoms with Crippen molar-refractivity contribution in [2.75, 3.05) is 38.6 Å². The van der Waals surface area contributed by atoms with Crippen molar-refractivity contribution in [3.63, 3.8) is 0 Å². The zero-order valence-corrected chi connectivity index (χ0v) is 38.0. The van der Waals surface area contributed by atoms with Crippen molar-refractivity contribution in [1.29, 1.82) is 0 Å². The van der Waals surface area contributed by atoms with Crippen LogP contribution in [0.3, 0.4) is 0 Å². The molecule has 0 aromatic heterocycles. The number of benzene rings is 4. The number of carbonyl (C=O) groups is 2. The molecule has 14 heteroatoms. The molecule has 0 fully saturated rings. The molecule has 2 amide bonds. The molecule has 0 unspecified atom stereocenters. The predicted molar refractivity (Wildman–Crippen MR) is 233 cm³/mol. The van der Waals surface area contributed by atoms with E-state index in [2.05, 4.69) is 47.9 Å². The summed E-state index contributed by atoms with van der Waals surface area (Å²) in [5, 5.41) is 25.6. The summed E-state index contributed by atoms with van der Waals surface area (Å²) in [5.41, 5.74) is 6.12. The van der Waals surface area contributed by atoms with Crippen molar-refractivity contribution >= 4 is 81.0 Å². The standard InChI is InChI=1S/C22H25NO4.C18H19NO4.B.I2.Na.H/c1-15(2)11-12-27-22-19(24)13-17(14-20(22)26-4)7-10-21(25)23-18-8-5-16(3)6-9-18;1-12-4-7-14(8-5-12)19-17(20)9-6-13-10-15(22-2)18(21)16(11-13)23-3;;1-2;;/h5-11,13-14,24H,12H2,1-4H3,(H,23,25);4-11,21H,1-3H3,(H,19,20);;;;/q;;;;+1;-1/b10-7+;9-6+;;;;. The Morgan fingerprint density at radius 1 is 0.704 bits per heavy atom. The maximum Gasteiger partial charge on any atom is 1.00 e. The average molecular weight is 969 g/mol. The number of halogens is 2. The first-order valence-corrected chi connectivity index (χ1v) is 22.1. The van der Waals surface area contributed by atoms with Crippen LogP contribution in [0, 0.1) is 13.8 Å². The first-order valence-electron chi connectivity index (χ1n) is 15.8. The van der Waals surface area contributed by atoms with Gasteiger partial charge in [-0.2, -0.15) is 0 Å². The Bertz CT molecular complexity index is 1850. The number of ether oxygens (including phenoxy) is 4. The summed E-state index contributed by atoms with van der Waals surface area (Å²) in [6, 6.07) is 21.5. The predicted octanol–water partition coefficient (Wildman–Crippen LogP) is 6.58. The van der Waals surface area contributed by atoms with Crippen LogP contribution in [0.4, 0.5) is 11.4 Å². The van der Waals surface area contributed by atoms with E-state index in [0.717, 1.165) is 28.1 Å². The largest absolute Gasteiger partial charge is 1.00 e. The number of amides is 2. The van der Waals surface area contributed by atoms with Gasteiger partial charge in [0.15, 0.2) is 23.0 Å². The van der Waals surface area contributed by atoms with E-state index in [1.165, 1.54) is 39.5 Å². The molecule has 0 aliphatic heterocycles. The quantitative estimate of drug-likeness (QED) is 0.0542. The monoisotopic (exact) mass is 969 g/mol. The number of rotatable bonds is 12. The average Bonchev–Trinajstić information content (AvgIpc) is 3.13. The number of phenolic OH excluding ortho intramolecular Hbond substituents is 2. The van der Waals surface area contributed by atoms with Crippen LogP contribution in [-0.4, -0.2) is 58.4 Å². The second kappa shape index (κ2) is 27.0. The van der Waals surface area contributed by atoms with Crippen molar-refractivity contribution in [2.24, 2.45) is 0 Å². The minimum atomic E-state index is -0.263. The fourth-order valence-electron chi connectivity index (χ4n) is 4.29. The van der Waals surface area contributed by atoms with Gasteiger partial charge in [0.25, 0.3) is 0 Å². The molecule has 281 valence electrons. The number of phenols is 2. The van der Waals surface area contributed by atoms with Crippen LogP contribution in [0.5, 0.6) is 34.5 Å². The van der Waals surface area contributed by atoms with Crippen molar-refractivity contribution in [3.8, 4) is 34.5 Å². The molecule has 4 aromatic carbocycles. The van der Waals surface area contributed by atoms with Crippen molar-refractivity contribution in [3.05, 3.63) is 119 Å². The molecule has 0 saturated heterocycles. The number of methoxy groups -OCH3 is 3. The molecule has 0 spiro atoms. The number of aromatic hydroxyl groups is 2. The van der Waals surface area contributed by atoms with Crippen LogP contribution >= 0.6 is 37.2 Å². The van der Waals surface area contributed by atoms with Gasteiger partial charge in [0, 0.05) is 69.2 Å². The van der Waals surface area contributed by atoms with Crippen LogP contribution in [0.1, 0.15) is 37.5 Å². The first kappa shape index (κ1) is 50.4. The topological polar surface area (TPSA) is 136 Å². The molecule has 54 heavy (non-hydrogen) atoms. The van der Waals surface area contributed by atoms with E-state index >= 15 is 0 Å². The van der Waals surface area contributed by atoms with Gasteiger partial charge in [-0.15, -0.1) is 0 Å². The van der Waals surface area contributed by atoms with E-state index in [1.807, 2.05) is 82.3 Å². The molecule has 0 aliphatic carbocycles. The number of anilines is 2. The van der Waals surface area contributed by atoms with E-state index in [9.17, 15) is 19.8 Å². The first-order chi connectivity index (χ1) is 24.9. The molecule has 4 N–H and O–H groups in total. The number of allylic oxidation sites excluding steroid dienone is 1. The van der Waals surface area contributed by atoms with Gasteiger partial charge in [-0.3, -0.25) is 9.59 Å². The number of carbonyl (C=O) groups excluding carboxylic acids is 2. The van der Waals surface area contributed by atoms with Crippen molar-refractivity contribution < 1.29 is 69.7 Å². The summed E-state index contributed by atoms with van der Waals surface area (Å²) in [5.74, 6) is 0.602. The second-order valence-electron chi connectivity index (χ2n) is 11.3. The van der Waals surface area contributed by atoms with Gasteiger partial charge in [-0.1, -0.05) is 41.0 Å². The van der Waals surface area contributed by atoms with Crippen LogP contribution in [0.2, 0.25) is 0 Å². The van der Waals surface area contributed by atoms with Crippen LogP contribution in [0.25, 0.3) is 12.2 Å². The van der Waals surface area contributed by atoms with Gasteiger partial charge in [-0.25, -0.2) is 0 Å². The molecular weight excluding hydrogens is 924 g/mol. The minimum Gasteiger partial charge on any atom is -1.00 e. The summed E-state index contributed by atoms with van der Waals surface area (Å²) >= 11 is 4.24. The van der Waals surface area contributed by atoms with E-state index < -0.39 is 0 Å². The smallest absolute Gasteiger partial charge is 1.00 e. The summed E-state index contributed by atoms with van der Waals surface area (Å²) in [7, 11) is 4.40. The van der Waals surface area contributed by atoms with E-state index in [1.54, 1.807) is 30.4 Å². The van der Waals surface area contributed by atoms with Gasteiger partial charge < -0.3 is 41.2 Å². The molecule has 0 aliphatic rings. The summed E-state index contributed by atoms with van der Waals surface area (Å²) in [4.78, 5) is 24.0. The Morgan fingerprint density at radius 3 is 1.48 bits per heavy atom. The van der Waals surface area contributed by atoms with Gasteiger partial charge >= 0.3 is 29.6 Å². The fourth-order valence-corrected chi connectivity index (χ4v) is 4.29. The molecule has 4 aromatic rings. The Morgan fingerprint density at radius 2 is 1.09 bits per heavy atom. The van der Waals surface area contributed by atoms with Gasteiger partial charge in [-0.05, 0) is 106 Å². The second-order valence-corrected chi connectivity index (χ2v) is 11.3. The molecule has 0 atom stereocenters. The molecule has 4 rings (SSSR count). The number of aryl methyl sites for hydroxylation is 2. The molecule has 10 nitrogen and oxygen atoms in total. The molecule has 3 radical (unpaired) electrons.